The third kappa shape index (κ3) is 1.37. The minimum absolute atomic E-state index is 0.655. The van der Waals surface area contributed by atoms with Gasteiger partial charge in [0.25, 0.3) is 0 Å². The summed E-state index contributed by atoms with van der Waals surface area (Å²) in [4.78, 5) is 8.30. The highest BCUT2D eigenvalue weighted by Crippen LogP contribution is 2.23. The average Bonchev–Trinajstić information content (AvgIpc) is 2.75. The van der Waals surface area contributed by atoms with Gasteiger partial charge < -0.3 is 0 Å². The van der Waals surface area contributed by atoms with E-state index < -0.39 is 0 Å². The smallest absolute Gasteiger partial charge is 0.156 e. The van der Waals surface area contributed by atoms with E-state index in [0.29, 0.717) is 5.02 Å². The summed E-state index contributed by atoms with van der Waals surface area (Å²) < 4.78 is 1.97. The summed E-state index contributed by atoms with van der Waals surface area (Å²) in [7, 11) is 0. The Labute approximate surface area is 97.3 Å². The molecule has 0 N–H and O–H groups in total. The Bertz CT molecular complexity index is 631. The number of nitrogens with zero attached hydrogens (tertiary/aromatic N) is 3. The van der Waals surface area contributed by atoms with Crippen molar-refractivity contribution >= 4 is 17.2 Å². The fourth-order valence-corrected chi connectivity index (χ4v) is 1.93. The van der Waals surface area contributed by atoms with Crippen LogP contribution in [0.15, 0.2) is 49.1 Å². The van der Waals surface area contributed by atoms with Gasteiger partial charge in [-0.2, -0.15) is 0 Å². The molecule has 0 saturated heterocycles. The van der Waals surface area contributed by atoms with Crippen LogP contribution >= 0.6 is 11.6 Å². The van der Waals surface area contributed by atoms with E-state index in [9.17, 15) is 0 Å². The molecule has 4 heteroatoms. The number of imidazole rings is 1. The third-order valence-corrected chi connectivity index (χ3v) is 2.76. The Morgan fingerprint density at radius 3 is 2.75 bits per heavy atom. The Kier molecular flexibility index (Phi) is 2.11. The summed E-state index contributed by atoms with van der Waals surface area (Å²) in [6.07, 6.45) is 7.29. The van der Waals surface area contributed by atoms with Gasteiger partial charge in [0.2, 0.25) is 0 Å². The standard InChI is InChI=1S/C12H8ClN3/c13-10-2-1-7-16-11(8-15-12(10)16)9-3-5-14-6-4-9/h1-8H. The zero-order valence-corrected chi connectivity index (χ0v) is 9.09. The maximum atomic E-state index is 6.06. The molecule has 0 spiro atoms. The molecule has 0 aliphatic rings. The lowest BCUT2D eigenvalue weighted by molar-refractivity contribution is 1.19. The summed E-state index contributed by atoms with van der Waals surface area (Å²) in [5.74, 6) is 0. The predicted octanol–water partition coefficient (Wildman–Crippen LogP) is 3.05. The molecule has 78 valence electrons. The summed E-state index contributed by atoms with van der Waals surface area (Å²) >= 11 is 6.06. The van der Waals surface area contributed by atoms with Crippen molar-refractivity contribution < 1.29 is 0 Å². The van der Waals surface area contributed by atoms with Crippen molar-refractivity contribution in [2.24, 2.45) is 0 Å². The van der Waals surface area contributed by atoms with Crippen molar-refractivity contribution in [2.75, 3.05) is 0 Å². The van der Waals surface area contributed by atoms with E-state index >= 15 is 0 Å². The molecular weight excluding hydrogens is 222 g/mol. The van der Waals surface area contributed by atoms with Crippen LogP contribution in [0.2, 0.25) is 5.02 Å². The Hall–Kier alpha value is -1.87. The minimum Gasteiger partial charge on any atom is -0.298 e. The van der Waals surface area contributed by atoms with Crippen LogP contribution in [0.3, 0.4) is 0 Å². The first kappa shape index (κ1) is 9.36. The molecule has 3 heterocycles. The first-order chi connectivity index (χ1) is 7.86. The monoisotopic (exact) mass is 229 g/mol. The van der Waals surface area contributed by atoms with E-state index in [2.05, 4.69) is 9.97 Å². The molecule has 0 atom stereocenters. The summed E-state index contributed by atoms with van der Waals surface area (Å²) in [5.41, 5.74) is 2.86. The Balaban J connectivity index is 2.30. The quantitative estimate of drug-likeness (QED) is 0.642. The number of hydrogen-bond donors (Lipinski definition) is 0. The van der Waals surface area contributed by atoms with Gasteiger partial charge in [0, 0.05) is 24.2 Å². The van der Waals surface area contributed by atoms with Gasteiger partial charge in [-0.15, -0.1) is 0 Å². The van der Waals surface area contributed by atoms with Crippen LogP contribution in [-0.4, -0.2) is 14.4 Å². The Morgan fingerprint density at radius 2 is 1.94 bits per heavy atom. The molecule has 0 unspecified atom stereocenters. The molecule has 16 heavy (non-hydrogen) atoms. The third-order valence-electron chi connectivity index (χ3n) is 2.46. The number of aromatic nitrogens is 3. The van der Waals surface area contributed by atoms with E-state index in [1.54, 1.807) is 12.4 Å². The minimum atomic E-state index is 0.655. The average molecular weight is 230 g/mol. The molecule has 0 fully saturated rings. The highest BCUT2D eigenvalue weighted by molar-refractivity contribution is 6.33. The van der Waals surface area contributed by atoms with Crippen LogP contribution in [-0.2, 0) is 0 Å². The van der Waals surface area contributed by atoms with Gasteiger partial charge in [-0.1, -0.05) is 11.6 Å². The van der Waals surface area contributed by atoms with E-state index in [4.69, 9.17) is 11.6 Å². The van der Waals surface area contributed by atoms with Crippen molar-refractivity contribution in [3.8, 4) is 11.3 Å². The van der Waals surface area contributed by atoms with Crippen molar-refractivity contribution in [1.82, 2.24) is 14.4 Å². The largest absolute Gasteiger partial charge is 0.298 e. The second kappa shape index (κ2) is 3.61. The van der Waals surface area contributed by atoms with Gasteiger partial charge in [0.1, 0.15) is 0 Å². The van der Waals surface area contributed by atoms with Crippen LogP contribution in [0, 0.1) is 0 Å². The highest BCUT2D eigenvalue weighted by Gasteiger charge is 2.06. The number of halogens is 1. The predicted molar refractivity (Wildman–Crippen MR) is 63.4 cm³/mol. The maximum Gasteiger partial charge on any atom is 0.156 e. The van der Waals surface area contributed by atoms with Crippen molar-refractivity contribution in [3.63, 3.8) is 0 Å². The molecule has 3 aromatic heterocycles. The molecule has 3 rings (SSSR count). The van der Waals surface area contributed by atoms with E-state index in [1.165, 1.54) is 0 Å². The number of pyridine rings is 2. The van der Waals surface area contributed by atoms with Gasteiger partial charge in [-0.3, -0.25) is 9.38 Å². The van der Waals surface area contributed by atoms with E-state index in [1.807, 2.05) is 41.1 Å². The number of fused-ring (bicyclic) bond motifs is 1. The highest BCUT2D eigenvalue weighted by atomic mass is 35.5. The van der Waals surface area contributed by atoms with Crippen LogP contribution in [0.25, 0.3) is 16.9 Å². The molecule has 0 saturated carbocycles. The van der Waals surface area contributed by atoms with Crippen LogP contribution in [0.4, 0.5) is 0 Å². The van der Waals surface area contributed by atoms with Crippen LogP contribution in [0.5, 0.6) is 0 Å². The van der Waals surface area contributed by atoms with E-state index in [0.717, 1.165) is 16.9 Å². The van der Waals surface area contributed by atoms with Crippen molar-refractivity contribution in [1.29, 1.82) is 0 Å². The van der Waals surface area contributed by atoms with Crippen molar-refractivity contribution in [2.45, 2.75) is 0 Å². The van der Waals surface area contributed by atoms with Gasteiger partial charge in [0.15, 0.2) is 5.65 Å². The molecular formula is C12H8ClN3. The maximum absolute atomic E-state index is 6.06. The zero-order valence-electron chi connectivity index (χ0n) is 8.34. The summed E-state index contributed by atoms with van der Waals surface area (Å²) in [6, 6.07) is 7.64. The zero-order chi connectivity index (χ0) is 11.0. The van der Waals surface area contributed by atoms with Crippen LogP contribution in [0.1, 0.15) is 0 Å². The Morgan fingerprint density at radius 1 is 1.12 bits per heavy atom. The van der Waals surface area contributed by atoms with Gasteiger partial charge in [-0.05, 0) is 24.3 Å². The van der Waals surface area contributed by atoms with Crippen molar-refractivity contribution in [3.05, 3.63) is 54.1 Å². The molecule has 0 bridgehead atoms. The second-order valence-electron chi connectivity index (χ2n) is 3.43. The van der Waals surface area contributed by atoms with Gasteiger partial charge in [-0.25, -0.2) is 4.98 Å². The number of rotatable bonds is 1. The second-order valence-corrected chi connectivity index (χ2v) is 3.84. The fourth-order valence-electron chi connectivity index (χ4n) is 1.71. The summed E-state index contributed by atoms with van der Waals surface area (Å²) in [5, 5.41) is 0.655. The first-order valence-electron chi connectivity index (χ1n) is 4.88. The molecule has 3 nitrogen and oxygen atoms in total. The lowest BCUT2D eigenvalue weighted by Crippen LogP contribution is -1.87. The molecule has 0 radical (unpaired) electrons. The molecule has 0 aliphatic heterocycles. The summed E-state index contributed by atoms with van der Waals surface area (Å²) in [6.45, 7) is 0. The molecule has 0 aromatic carbocycles. The topological polar surface area (TPSA) is 30.2 Å². The molecule has 0 amide bonds. The number of hydrogen-bond acceptors (Lipinski definition) is 2. The van der Waals surface area contributed by atoms with E-state index in [-0.39, 0.29) is 0 Å². The lowest BCUT2D eigenvalue weighted by Gasteiger charge is -2.01. The van der Waals surface area contributed by atoms with Gasteiger partial charge in [0.05, 0.1) is 16.9 Å². The van der Waals surface area contributed by atoms with Gasteiger partial charge >= 0.3 is 0 Å². The molecule has 3 aromatic rings. The first-order valence-corrected chi connectivity index (χ1v) is 5.26. The van der Waals surface area contributed by atoms with Crippen LogP contribution < -0.4 is 0 Å². The fraction of sp³-hybridized carbons (Fsp3) is 0. The molecule has 0 aliphatic carbocycles. The SMILES string of the molecule is Clc1cccn2c(-c3ccncc3)cnc12. The lowest BCUT2D eigenvalue weighted by atomic mass is 10.2. The normalized spacial score (nSPS) is 10.8.